The molecule has 0 spiro atoms. The molecule has 0 bridgehead atoms. The number of halogens is 3. The van der Waals surface area contributed by atoms with Crippen LogP contribution < -0.4 is 4.90 Å². The van der Waals surface area contributed by atoms with Gasteiger partial charge in [0, 0.05) is 32.3 Å². The van der Waals surface area contributed by atoms with Crippen LogP contribution in [-0.4, -0.2) is 38.9 Å². The number of aliphatic carboxylic acids is 1. The number of hydrogen-bond acceptors (Lipinski definition) is 4. The second-order valence-corrected chi connectivity index (χ2v) is 6.46. The summed E-state index contributed by atoms with van der Waals surface area (Å²) in [7, 11) is 1.59. The number of aromatic nitrogens is 3. The number of piperidine rings is 1. The Morgan fingerprint density at radius 2 is 2.00 bits per heavy atom. The second kappa shape index (κ2) is 6.20. The number of anilines is 1. The van der Waals surface area contributed by atoms with Crippen LogP contribution in [0.5, 0.6) is 0 Å². The van der Waals surface area contributed by atoms with Crippen LogP contribution in [0.15, 0.2) is 6.07 Å². The summed E-state index contributed by atoms with van der Waals surface area (Å²) in [4.78, 5) is 16.9. The number of nitrogens with zero attached hydrogens (tertiary/aromatic N) is 4. The third-order valence-electron chi connectivity index (χ3n) is 4.79. The first-order valence-corrected chi connectivity index (χ1v) is 8.05. The molecule has 25 heavy (non-hydrogen) atoms. The van der Waals surface area contributed by atoms with E-state index in [0.29, 0.717) is 31.6 Å². The minimum absolute atomic E-state index is 0.0273. The van der Waals surface area contributed by atoms with Crippen LogP contribution in [0.2, 0.25) is 0 Å². The van der Waals surface area contributed by atoms with Crippen molar-refractivity contribution in [1.29, 1.82) is 0 Å². The number of fused-ring (bicyclic) bond motifs is 1. The molecule has 1 aliphatic rings. The highest BCUT2D eigenvalue weighted by molar-refractivity contribution is 5.84. The molecule has 3 heterocycles. The zero-order valence-electron chi connectivity index (χ0n) is 14.0. The molecule has 1 N–H and O–H groups in total. The van der Waals surface area contributed by atoms with Crippen LogP contribution in [0.25, 0.3) is 11.0 Å². The molecule has 0 aliphatic carbocycles. The van der Waals surface area contributed by atoms with E-state index in [0.717, 1.165) is 6.07 Å². The Bertz CT molecular complexity index is 808. The Kier molecular flexibility index (Phi) is 4.34. The summed E-state index contributed by atoms with van der Waals surface area (Å²) in [5.74, 6) is -0.551. The van der Waals surface area contributed by atoms with Crippen LogP contribution in [0, 0.1) is 12.8 Å². The molecule has 2 aromatic heterocycles. The van der Waals surface area contributed by atoms with Crippen molar-refractivity contribution in [2.24, 2.45) is 13.0 Å². The molecule has 1 saturated heterocycles. The molecule has 2 aromatic rings. The predicted octanol–water partition coefficient (Wildman–Crippen LogP) is 2.99. The van der Waals surface area contributed by atoms with Crippen molar-refractivity contribution >= 4 is 22.8 Å². The Morgan fingerprint density at radius 3 is 2.56 bits per heavy atom. The van der Waals surface area contributed by atoms with Gasteiger partial charge in [-0.25, -0.2) is 4.98 Å². The molecule has 1 fully saturated rings. The number of alkyl halides is 3. The van der Waals surface area contributed by atoms with Crippen molar-refractivity contribution in [2.45, 2.75) is 32.4 Å². The summed E-state index contributed by atoms with van der Waals surface area (Å²) in [6.45, 7) is 2.56. The molecule has 0 atom stereocenters. The van der Waals surface area contributed by atoms with E-state index < -0.39 is 17.7 Å². The average Bonchev–Trinajstić information content (AvgIpc) is 2.80. The summed E-state index contributed by atoms with van der Waals surface area (Å²) in [6, 6.07) is 1.08. The molecule has 6 nitrogen and oxygen atoms in total. The van der Waals surface area contributed by atoms with Crippen LogP contribution in [-0.2, 0) is 18.0 Å². The quantitative estimate of drug-likeness (QED) is 0.915. The molecular formula is C16H19F3N4O2. The maximum atomic E-state index is 13.5. The van der Waals surface area contributed by atoms with Gasteiger partial charge in [0.25, 0.3) is 0 Å². The van der Waals surface area contributed by atoms with E-state index in [2.05, 4.69) is 10.1 Å². The summed E-state index contributed by atoms with van der Waals surface area (Å²) >= 11 is 0. The van der Waals surface area contributed by atoms with Gasteiger partial charge in [0.1, 0.15) is 5.82 Å². The van der Waals surface area contributed by atoms with Crippen molar-refractivity contribution in [3.05, 3.63) is 17.3 Å². The van der Waals surface area contributed by atoms with E-state index in [9.17, 15) is 18.0 Å². The van der Waals surface area contributed by atoms with E-state index in [4.69, 9.17) is 5.11 Å². The summed E-state index contributed by atoms with van der Waals surface area (Å²) in [6.07, 6.45) is -3.16. The van der Waals surface area contributed by atoms with Gasteiger partial charge in [-0.15, -0.1) is 0 Å². The van der Waals surface area contributed by atoms with Crippen LogP contribution in [0.1, 0.15) is 30.5 Å². The van der Waals surface area contributed by atoms with Crippen molar-refractivity contribution in [1.82, 2.24) is 14.8 Å². The van der Waals surface area contributed by atoms with Crippen LogP contribution in [0.3, 0.4) is 0 Å². The van der Waals surface area contributed by atoms with Crippen LogP contribution >= 0.6 is 0 Å². The average molecular weight is 356 g/mol. The van der Waals surface area contributed by atoms with Gasteiger partial charge >= 0.3 is 12.1 Å². The molecular weight excluding hydrogens is 337 g/mol. The number of pyridine rings is 1. The maximum Gasteiger partial charge on any atom is 0.417 e. The molecule has 9 heteroatoms. The zero-order valence-corrected chi connectivity index (χ0v) is 14.0. The SMILES string of the molecule is Cc1c2c(C(F)(F)F)cc(N3CCC(CC(=O)O)CC3)nc2nn1C. The highest BCUT2D eigenvalue weighted by atomic mass is 19.4. The molecule has 0 aromatic carbocycles. The third-order valence-corrected chi connectivity index (χ3v) is 4.79. The minimum Gasteiger partial charge on any atom is -0.481 e. The lowest BCUT2D eigenvalue weighted by atomic mass is 9.93. The summed E-state index contributed by atoms with van der Waals surface area (Å²) < 4.78 is 41.9. The molecule has 3 rings (SSSR count). The Hall–Kier alpha value is -2.32. The van der Waals surface area contributed by atoms with Crippen LogP contribution in [0.4, 0.5) is 19.0 Å². The van der Waals surface area contributed by atoms with Gasteiger partial charge in [-0.2, -0.15) is 18.3 Å². The van der Waals surface area contributed by atoms with Gasteiger partial charge < -0.3 is 10.0 Å². The van der Waals surface area contributed by atoms with E-state index >= 15 is 0 Å². The number of carboxylic acid groups (broad SMARTS) is 1. The molecule has 1 aliphatic heterocycles. The smallest absolute Gasteiger partial charge is 0.417 e. The maximum absolute atomic E-state index is 13.5. The minimum atomic E-state index is -4.49. The highest BCUT2D eigenvalue weighted by Gasteiger charge is 2.36. The summed E-state index contributed by atoms with van der Waals surface area (Å²) in [5, 5.41) is 13.0. The van der Waals surface area contributed by atoms with E-state index in [-0.39, 0.29) is 29.2 Å². The monoisotopic (exact) mass is 356 g/mol. The third kappa shape index (κ3) is 3.40. The fraction of sp³-hybridized carbons (Fsp3) is 0.562. The van der Waals surface area contributed by atoms with Crippen molar-refractivity contribution in [2.75, 3.05) is 18.0 Å². The number of hydrogen-bond donors (Lipinski definition) is 1. The van der Waals surface area contributed by atoms with Gasteiger partial charge in [0.15, 0.2) is 5.65 Å². The van der Waals surface area contributed by atoms with E-state index in [1.807, 2.05) is 0 Å². The lowest BCUT2D eigenvalue weighted by Crippen LogP contribution is -2.35. The Labute approximate surface area is 142 Å². The number of aryl methyl sites for hydroxylation is 2. The van der Waals surface area contributed by atoms with Crippen molar-refractivity contribution < 1.29 is 23.1 Å². The van der Waals surface area contributed by atoms with Crippen molar-refractivity contribution in [3.8, 4) is 0 Å². The van der Waals surface area contributed by atoms with Crippen molar-refractivity contribution in [3.63, 3.8) is 0 Å². The molecule has 0 unspecified atom stereocenters. The first kappa shape index (κ1) is 17.5. The Morgan fingerprint density at radius 1 is 1.36 bits per heavy atom. The van der Waals surface area contributed by atoms with Gasteiger partial charge in [-0.3, -0.25) is 9.48 Å². The van der Waals surface area contributed by atoms with E-state index in [1.165, 1.54) is 4.68 Å². The zero-order chi connectivity index (χ0) is 18.4. The van der Waals surface area contributed by atoms with Gasteiger partial charge in [-0.05, 0) is 31.7 Å². The fourth-order valence-electron chi connectivity index (χ4n) is 3.33. The predicted molar refractivity (Wildman–Crippen MR) is 85.4 cm³/mol. The molecule has 136 valence electrons. The molecule has 0 saturated carbocycles. The fourth-order valence-corrected chi connectivity index (χ4v) is 3.33. The topological polar surface area (TPSA) is 71.2 Å². The van der Waals surface area contributed by atoms with E-state index in [1.54, 1.807) is 18.9 Å². The summed E-state index contributed by atoms with van der Waals surface area (Å²) in [5.41, 5.74) is -0.232. The molecule has 0 amide bonds. The Balaban J connectivity index is 1.94. The van der Waals surface area contributed by atoms with Gasteiger partial charge in [-0.1, -0.05) is 0 Å². The number of rotatable bonds is 3. The first-order chi connectivity index (χ1) is 11.7. The van der Waals surface area contributed by atoms with Gasteiger partial charge in [0.05, 0.1) is 10.9 Å². The van der Waals surface area contributed by atoms with Gasteiger partial charge in [0.2, 0.25) is 0 Å². The molecule has 0 radical (unpaired) electrons. The number of carboxylic acids is 1. The second-order valence-electron chi connectivity index (χ2n) is 6.46. The largest absolute Gasteiger partial charge is 0.481 e. The lowest BCUT2D eigenvalue weighted by molar-refractivity contribution is -0.138. The normalized spacial score (nSPS) is 16.6. The highest BCUT2D eigenvalue weighted by Crippen LogP contribution is 2.38. The first-order valence-electron chi connectivity index (χ1n) is 8.05. The lowest BCUT2D eigenvalue weighted by Gasteiger charge is -2.32. The number of carbonyl (C=O) groups is 1. The standard InChI is InChI=1S/C16H19F3N4O2/c1-9-14-11(16(17,18)19)8-12(20-15(14)21-22(9)2)23-5-3-10(4-6-23)7-13(24)25/h8,10H,3-7H2,1-2H3,(H,24,25).